The molecule has 2 aliphatic rings. The smallest absolute Gasteiger partial charge is 0.227 e. The third-order valence-electron chi connectivity index (χ3n) is 5.03. The van der Waals surface area contributed by atoms with Gasteiger partial charge in [0, 0.05) is 51.0 Å². The van der Waals surface area contributed by atoms with E-state index in [1.165, 1.54) is 11.1 Å². The van der Waals surface area contributed by atoms with Crippen LogP contribution in [0.3, 0.4) is 0 Å². The number of benzene rings is 1. The maximum absolute atomic E-state index is 10.9. The van der Waals surface area contributed by atoms with Gasteiger partial charge in [-0.25, -0.2) is 4.98 Å². The van der Waals surface area contributed by atoms with Crippen LogP contribution >= 0.6 is 0 Å². The Kier molecular flexibility index (Phi) is 4.26. The number of piperazine rings is 1. The Labute approximate surface area is 148 Å². The summed E-state index contributed by atoms with van der Waals surface area (Å²) in [5.41, 5.74) is 3.77. The van der Waals surface area contributed by atoms with Crippen LogP contribution in [-0.4, -0.2) is 54.0 Å². The van der Waals surface area contributed by atoms with E-state index in [9.17, 15) is 4.79 Å². The quantitative estimate of drug-likeness (QED) is 0.797. The van der Waals surface area contributed by atoms with Gasteiger partial charge in [-0.15, -0.1) is 0 Å². The normalized spacial score (nSPS) is 17.4. The van der Waals surface area contributed by atoms with Gasteiger partial charge < -0.3 is 14.7 Å². The number of aromatic nitrogens is 2. The zero-order chi connectivity index (χ0) is 17.2. The van der Waals surface area contributed by atoms with E-state index in [2.05, 4.69) is 39.0 Å². The van der Waals surface area contributed by atoms with Crippen molar-refractivity contribution in [1.29, 1.82) is 0 Å². The summed E-state index contributed by atoms with van der Waals surface area (Å²) >= 11 is 0. The highest BCUT2D eigenvalue weighted by molar-refractivity contribution is 5.51. The maximum atomic E-state index is 10.9. The van der Waals surface area contributed by atoms with Crippen molar-refractivity contribution in [3.63, 3.8) is 0 Å². The standard InChI is InChI=1S/C19H23N5O/c1-15-12-18(23-10-8-22(14-25)9-11-23)21-19(20-15)24-7-6-16-4-2-3-5-17(16)13-24/h2-5,12,14H,6-11,13H2,1H3. The summed E-state index contributed by atoms with van der Waals surface area (Å²) in [6.45, 7) is 6.96. The fraction of sp³-hybridized carbons (Fsp3) is 0.421. The van der Waals surface area contributed by atoms with Gasteiger partial charge in [0.25, 0.3) is 0 Å². The summed E-state index contributed by atoms with van der Waals surface area (Å²) in [4.78, 5) is 26.7. The largest absolute Gasteiger partial charge is 0.353 e. The van der Waals surface area contributed by atoms with Crippen LogP contribution in [-0.2, 0) is 17.8 Å². The van der Waals surface area contributed by atoms with Gasteiger partial charge in [-0.05, 0) is 24.5 Å². The lowest BCUT2D eigenvalue weighted by Crippen LogP contribution is -2.46. The van der Waals surface area contributed by atoms with Gasteiger partial charge in [-0.3, -0.25) is 4.79 Å². The topological polar surface area (TPSA) is 52.6 Å². The molecule has 0 spiro atoms. The molecular formula is C19H23N5O. The van der Waals surface area contributed by atoms with Crippen LogP contribution in [0, 0.1) is 6.92 Å². The summed E-state index contributed by atoms with van der Waals surface area (Å²) in [5, 5.41) is 0. The molecule has 6 heteroatoms. The van der Waals surface area contributed by atoms with Gasteiger partial charge in [0.1, 0.15) is 5.82 Å². The Morgan fingerprint density at radius 3 is 2.48 bits per heavy atom. The minimum atomic E-state index is 0.749. The second kappa shape index (κ2) is 6.70. The fourth-order valence-corrected chi connectivity index (χ4v) is 3.56. The van der Waals surface area contributed by atoms with Gasteiger partial charge in [0.05, 0.1) is 0 Å². The first-order valence-electron chi connectivity index (χ1n) is 8.84. The van der Waals surface area contributed by atoms with Crippen LogP contribution in [0.15, 0.2) is 30.3 Å². The number of rotatable bonds is 3. The van der Waals surface area contributed by atoms with Crippen LogP contribution < -0.4 is 9.80 Å². The minimum Gasteiger partial charge on any atom is -0.353 e. The number of hydrogen-bond donors (Lipinski definition) is 0. The van der Waals surface area contributed by atoms with Crippen LogP contribution in [0.25, 0.3) is 0 Å². The van der Waals surface area contributed by atoms with Gasteiger partial charge in [0.2, 0.25) is 12.4 Å². The van der Waals surface area contributed by atoms with Crippen molar-refractivity contribution in [2.24, 2.45) is 0 Å². The Balaban J connectivity index is 1.55. The molecule has 25 heavy (non-hydrogen) atoms. The van der Waals surface area contributed by atoms with Gasteiger partial charge in [0.15, 0.2) is 0 Å². The molecule has 1 aromatic heterocycles. The molecule has 0 unspecified atom stereocenters. The van der Waals surface area contributed by atoms with Crippen LogP contribution in [0.5, 0.6) is 0 Å². The number of fused-ring (bicyclic) bond motifs is 1. The molecule has 2 aliphatic heterocycles. The Morgan fingerprint density at radius 2 is 1.72 bits per heavy atom. The molecule has 1 saturated heterocycles. The van der Waals surface area contributed by atoms with Crippen LogP contribution in [0.2, 0.25) is 0 Å². The summed E-state index contributed by atoms with van der Waals surface area (Å²) in [7, 11) is 0. The molecule has 6 nitrogen and oxygen atoms in total. The van der Waals surface area contributed by atoms with E-state index in [-0.39, 0.29) is 0 Å². The fourth-order valence-electron chi connectivity index (χ4n) is 3.56. The number of aryl methyl sites for hydroxylation is 1. The zero-order valence-corrected chi connectivity index (χ0v) is 14.6. The highest BCUT2D eigenvalue weighted by Crippen LogP contribution is 2.24. The predicted molar refractivity (Wildman–Crippen MR) is 97.8 cm³/mol. The molecule has 1 aromatic carbocycles. The molecule has 130 valence electrons. The van der Waals surface area contributed by atoms with E-state index in [0.717, 1.165) is 69.6 Å². The Morgan fingerprint density at radius 1 is 0.960 bits per heavy atom. The molecule has 4 rings (SSSR count). The van der Waals surface area contributed by atoms with Crippen LogP contribution in [0.4, 0.5) is 11.8 Å². The summed E-state index contributed by atoms with van der Waals surface area (Å²) < 4.78 is 0. The van der Waals surface area contributed by atoms with Crippen molar-refractivity contribution < 1.29 is 4.79 Å². The Hall–Kier alpha value is -2.63. The van der Waals surface area contributed by atoms with Crippen LogP contribution in [0.1, 0.15) is 16.8 Å². The molecule has 0 bridgehead atoms. The van der Waals surface area contributed by atoms with E-state index in [1.54, 1.807) is 0 Å². The molecule has 2 aromatic rings. The second-order valence-corrected chi connectivity index (χ2v) is 6.74. The van der Waals surface area contributed by atoms with Gasteiger partial charge in [-0.1, -0.05) is 24.3 Å². The molecule has 0 N–H and O–H groups in total. The van der Waals surface area contributed by atoms with Crippen molar-refractivity contribution in [2.45, 2.75) is 19.9 Å². The lowest BCUT2D eigenvalue weighted by molar-refractivity contribution is -0.118. The highest BCUT2D eigenvalue weighted by Gasteiger charge is 2.21. The predicted octanol–water partition coefficient (Wildman–Crippen LogP) is 1.63. The van der Waals surface area contributed by atoms with Crippen molar-refractivity contribution in [1.82, 2.24) is 14.9 Å². The summed E-state index contributed by atoms with van der Waals surface area (Å²) in [6, 6.07) is 10.6. The number of carbonyl (C=O) groups excluding carboxylic acids is 1. The zero-order valence-electron chi connectivity index (χ0n) is 14.6. The van der Waals surface area contributed by atoms with Gasteiger partial charge >= 0.3 is 0 Å². The molecule has 0 radical (unpaired) electrons. The molecule has 1 fully saturated rings. The van der Waals surface area contributed by atoms with E-state index in [4.69, 9.17) is 4.98 Å². The van der Waals surface area contributed by atoms with Crippen molar-refractivity contribution >= 4 is 18.2 Å². The lowest BCUT2D eigenvalue weighted by Gasteiger charge is -2.34. The number of anilines is 2. The molecule has 3 heterocycles. The SMILES string of the molecule is Cc1cc(N2CCN(C=O)CC2)nc(N2CCc3ccccc3C2)n1. The van der Waals surface area contributed by atoms with Crippen molar-refractivity contribution in [3.8, 4) is 0 Å². The highest BCUT2D eigenvalue weighted by atomic mass is 16.1. The first-order valence-corrected chi connectivity index (χ1v) is 8.84. The Bertz CT molecular complexity index is 770. The summed E-state index contributed by atoms with van der Waals surface area (Å²) in [5.74, 6) is 1.77. The number of carbonyl (C=O) groups is 1. The molecule has 1 amide bonds. The lowest BCUT2D eigenvalue weighted by atomic mass is 10.0. The molecule has 0 saturated carbocycles. The molecular weight excluding hydrogens is 314 g/mol. The second-order valence-electron chi connectivity index (χ2n) is 6.74. The summed E-state index contributed by atoms with van der Waals surface area (Å²) in [6.07, 6.45) is 1.96. The third kappa shape index (κ3) is 3.29. The number of hydrogen-bond acceptors (Lipinski definition) is 5. The van der Waals surface area contributed by atoms with Crippen molar-refractivity contribution in [3.05, 3.63) is 47.2 Å². The first kappa shape index (κ1) is 15.9. The minimum absolute atomic E-state index is 0.749. The molecule has 0 aliphatic carbocycles. The van der Waals surface area contributed by atoms with Crippen molar-refractivity contribution in [2.75, 3.05) is 42.5 Å². The van der Waals surface area contributed by atoms with E-state index < -0.39 is 0 Å². The average Bonchev–Trinajstić information content (AvgIpc) is 2.67. The van der Waals surface area contributed by atoms with E-state index in [1.807, 2.05) is 17.9 Å². The maximum Gasteiger partial charge on any atom is 0.227 e. The van der Waals surface area contributed by atoms with E-state index in [0.29, 0.717) is 0 Å². The van der Waals surface area contributed by atoms with E-state index >= 15 is 0 Å². The first-order chi connectivity index (χ1) is 12.2. The monoisotopic (exact) mass is 337 g/mol. The third-order valence-corrected chi connectivity index (χ3v) is 5.03. The number of amides is 1. The number of nitrogens with zero attached hydrogens (tertiary/aromatic N) is 5. The molecule has 0 atom stereocenters. The average molecular weight is 337 g/mol. The van der Waals surface area contributed by atoms with Gasteiger partial charge in [-0.2, -0.15) is 4.98 Å².